The van der Waals surface area contributed by atoms with E-state index in [0.29, 0.717) is 16.6 Å². The summed E-state index contributed by atoms with van der Waals surface area (Å²) in [6, 6.07) is 1.90. The molecule has 0 unspecified atom stereocenters. The van der Waals surface area contributed by atoms with Gasteiger partial charge in [0.1, 0.15) is 6.54 Å². The first kappa shape index (κ1) is 17.9. The Morgan fingerprint density at radius 1 is 1.29 bits per heavy atom. The van der Waals surface area contributed by atoms with Gasteiger partial charge in [-0.25, -0.2) is 9.67 Å². The number of nitrogens with zero attached hydrogens (tertiary/aromatic N) is 3. The Bertz CT molecular complexity index is 750. The van der Waals surface area contributed by atoms with E-state index in [1.807, 2.05) is 27.7 Å². The fourth-order valence-corrected chi connectivity index (χ4v) is 2.36. The molecule has 2 heterocycles. The second-order valence-corrected chi connectivity index (χ2v) is 6.16. The highest BCUT2D eigenvalue weighted by molar-refractivity contribution is 6.06. The van der Waals surface area contributed by atoms with E-state index in [1.54, 1.807) is 23.9 Å². The summed E-state index contributed by atoms with van der Waals surface area (Å²) < 4.78 is 6.63. The van der Waals surface area contributed by atoms with E-state index in [1.165, 1.54) is 0 Å². The van der Waals surface area contributed by atoms with Gasteiger partial charge in [-0.3, -0.25) is 9.59 Å². The zero-order valence-corrected chi connectivity index (χ0v) is 14.8. The summed E-state index contributed by atoms with van der Waals surface area (Å²) in [4.78, 5) is 28.6. The van der Waals surface area contributed by atoms with E-state index in [9.17, 15) is 9.59 Å². The van der Waals surface area contributed by atoms with Gasteiger partial charge in [0.15, 0.2) is 5.65 Å². The van der Waals surface area contributed by atoms with Crippen molar-refractivity contribution in [2.75, 3.05) is 13.2 Å². The van der Waals surface area contributed by atoms with Crippen LogP contribution < -0.4 is 5.32 Å². The number of esters is 1. The summed E-state index contributed by atoms with van der Waals surface area (Å²) >= 11 is 0. The maximum atomic E-state index is 12.5. The number of ether oxygens (including phenoxy) is 1. The molecule has 0 saturated carbocycles. The lowest BCUT2D eigenvalue weighted by Gasteiger charge is -2.12. The standard InChI is InChI=1S/C17H24N4O3/c1-6-24-15(22)9-18-17(23)12-7-14(10(2)3)20-16-13(12)8-19-21(16)11(4)5/h7-8,10-11H,6,9H2,1-5H3,(H,18,23). The smallest absolute Gasteiger partial charge is 0.325 e. The Balaban J connectivity index is 2.41. The second kappa shape index (κ2) is 7.42. The zero-order chi connectivity index (χ0) is 17.9. The summed E-state index contributed by atoms with van der Waals surface area (Å²) in [5.41, 5.74) is 1.96. The predicted molar refractivity (Wildman–Crippen MR) is 91.0 cm³/mol. The predicted octanol–water partition coefficient (Wildman–Crippen LogP) is 2.43. The van der Waals surface area contributed by atoms with Crippen LogP contribution in [0.5, 0.6) is 0 Å². The number of fused-ring (bicyclic) bond motifs is 1. The van der Waals surface area contributed by atoms with Crippen molar-refractivity contribution in [2.45, 2.75) is 46.6 Å². The third-order valence-electron chi connectivity index (χ3n) is 3.61. The Morgan fingerprint density at radius 3 is 2.58 bits per heavy atom. The molecule has 0 aliphatic heterocycles. The van der Waals surface area contributed by atoms with E-state index in [2.05, 4.69) is 15.4 Å². The molecule has 0 aliphatic carbocycles. The molecule has 0 aliphatic rings. The maximum absolute atomic E-state index is 12.5. The first-order valence-electron chi connectivity index (χ1n) is 8.17. The molecule has 0 atom stereocenters. The van der Waals surface area contributed by atoms with Gasteiger partial charge < -0.3 is 10.1 Å². The molecular formula is C17H24N4O3. The molecule has 0 spiro atoms. The minimum absolute atomic E-state index is 0.132. The average molecular weight is 332 g/mol. The summed E-state index contributed by atoms with van der Waals surface area (Å²) in [5, 5.41) is 7.62. The minimum atomic E-state index is -0.460. The van der Waals surface area contributed by atoms with E-state index < -0.39 is 5.97 Å². The number of amides is 1. The van der Waals surface area contributed by atoms with Crippen LogP contribution in [0.15, 0.2) is 12.3 Å². The fraction of sp³-hybridized carbons (Fsp3) is 0.529. The number of aromatic nitrogens is 3. The Labute approximate surface area is 141 Å². The molecule has 2 aromatic heterocycles. The zero-order valence-electron chi connectivity index (χ0n) is 14.8. The molecule has 130 valence electrons. The molecule has 2 rings (SSSR count). The third kappa shape index (κ3) is 3.72. The van der Waals surface area contributed by atoms with Crippen molar-refractivity contribution in [1.29, 1.82) is 0 Å². The maximum Gasteiger partial charge on any atom is 0.325 e. The summed E-state index contributed by atoms with van der Waals surface area (Å²) in [6.07, 6.45) is 1.64. The molecule has 7 heteroatoms. The molecule has 0 radical (unpaired) electrons. The van der Waals surface area contributed by atoms with Crippen LogP contribution in [0.1, 0.15) is 62.6 Å². The largest absolute Gasteiger partial charge is 0.465 e. The van der Waals surface area contributed by atoms with Gasteiger partial charge in [-0.2, -0.15) is 5.10 Å². The number of rotatable bonds is 6. The van der Waals surface area contributed by atoms with Crippen LogP contribution in [0.25, 0.3) is 11.0 Å². The Hall–Kier alpha value is -2.44. The number of carbonyl (C=O) groups is 2. The topological polar surface area (TPSA) is 86.1 Å². The van der Waals surface area contributed by atoms with Crippen molar-refractivity contribution in [1.82, 2.24) is 20.1 Å². The normalized spacial score (nSPS) is 11.3. The van der Waals surface area contributed by atoms with Crippen LogP contribution >= 0.6 is 0 Å². The lowest BCUT2D eigenvalue weighted by atomic mass is 10.0. The molecule has 2 aromatic rings. The molecule has 1 amide bonds. The van der Waals surface area contributed by atoms with E-state index in [-0.39, 0.29) is 31.0 Å². The second-order valence-electron chi connectivity index (χ2n) is 6.16. The van der Waals surface area contributed by atoms with Crippen LogP contribution in [-0.2, 0) is 9.53 Å². The van der Waals surface area contributed by atoms with Gasteiger partial charge in [0.2, 0.25) is 0 Å². The van der Waals surface area contributed by atoms with Crippen LogP contribution in [0.3, 0.4) is 0 Å². The molecule has 0 bridgehead atoms. The summed E-state index contributed by atoms with van der Waals surface area (Å²) in [5.74, 6) is -0.625. The van der Waals surface area contributed by atoms with Crippen LogP contribution in [0, 0.1) is 0 Å². The van der Waals surface area contributed by atoms with E-state index in [4.69, 9.17) is 4.74 Å². The van der Waals surface area contributed by atoms with Gasteiger partial charge in [0.25, 0.3) is 5.91 Å². The number of nitrogens with one attached hydrogen (secondary N) is 1. The highest BCUT2D eigenvalue weighted by Crippen LogP contribution is 2.24. The minimum Gasteiger partial charge on any atom is -0.465 e. The molecular weight excluding hydrogens is 308 g/mol. The Morgan fingerprint density at radius 2 is 2.00 bits per heavy atom. The lowest BCUT2D eigenvalue weighted by Crippen LogP contribution is -2.31. The molecule has 0 aromatic carbocycles. The number of hydrogen-bond donors (Lipinski definition) is 1. The quantitative estimate of drug-likeness (QED) is 0.821. The molecule has 0 saturated heterocycles. The highest BCUT2D eigenvalue weighted by atomic mass is 16.5. The Kier molecular flexibility index (Phi) is 5.54. The van der Waals surface area contributed by atoms with Gasteiger partial charge in [-0.15, -0.1) is 0 Å². The van der Waals surface area contributed by atoms with Crippen molar-refractivity contribution in [2.24, 2.45) is 0 Å². The van der Waals surface area contributed by atoms with Crippen molar-refractivity contribution >= 4 is 22.9 Å². The van der Waals surface area contributed by atoms with E-state index >= 15 is 0 Å². The first-order chi connectivity index (χ1) is 11.3. The molecule has 24 heavy (non-hydrogen) atoms. The monoisotopic (exact) mass is 332 g/mol. The summed E-state index contributed by atoms with van der Waals surface area (Å²) in [6.45, 7) is 9.91. The average Bonchev–Trinajstić information content (AvgIpc) is 2.95. The molecule has 0 fully saturated rings. The summed E-state index contributed by atoms with van der Waals surface area (Å²) in [7, 11) is 0. The third-order valence-corrected chi connectivity index (χ3v) is 3.61. The van der Waals surface area contributed by atoms with Crippen LogP contribution in [0.4, 0.5) is 0 Å². The van der Waals surface area contributed by atoms with Gasteiger partial charge in [0, 0.05) is 11.7 Å². The first-order valence-corrected chi connectivity index (χ1v) is 8.17. The SMILES string of the molecule is CCOC(=O)CNC(=O)c1cc(C(C)C)nc2c1cnn2C(C)C. The lowest BCUT2D eigenvalue weighted by molar-refractivity contribution is -0.141. The van der Waals surface area contributed by atoms with E-state index in [0.717, 1.165) is 5.69 Å². The van der Waals surface area contributed by atoms with Gasteiger partial charge in [0.05, 0.1) is 23.8 Å². The van der Waals surface area contributed by atoms with Gasteiger partial charge in [-0.1, -0.05) is 13.8 Å². The van der Waals surface area contributed by atoms with Crippen LogP contribution in [0.2, 0.25) is 0 Å². The van der Waals surface area contributed by atoms with Crippen LogP contribution in [-0.4, -0.2) is 39.8 Å². The number of carbonyl (C=O) groups excluding carboxylic acids is 2. The van der Waals surface area contributed by atoms with Gasteiger partial charge >= 0.3 is 5.97 Å². The van der Waals surface area contributed by atoms with Crippen molar-refractivity contribution in [3.8, 4) is 0 Å². The molecule has 1 N–H and O–H groups in total. The van der Waals surface area contributed by atoms with Gasteiger partial charge in [-0.05, 0) is 32.8 Å². The van der Waals surface area contributed by atoms with Crippen molar-refractivity contribution < 1.29 is 14.3 Å². The molecule has 7 nitrogen and oxygen atoms in total. The fourth-order valence-electron chi connectivity index (χ4n) is 2.36. The van der Waals surface area contributed by atoms with Crippen molar-refractivity contribution in [3.63, 3.8) is 0 Å². The highest BCUT2D eigenvalue weighted by Gasteiger charge is 2.19. The van der Waals surface area contributed by atoms with Crippen molar-refractivity contribution in [3.05, 3.63) is 23.5 Å². The number of pyridine rings is 1. The number of hydrogen-bond acceptors (Lipinski definition) is 5.